The lowest BCUT2D eigenvalue weighted by atomic mass is 10.0. The average Bonchev–Trinajstić information content (AvgIpc) is 2.19. The predicted molar refractivity (Wildman–Crippen MR) is 51.4 cm³/mol. The summed E-state index contributed by atoms with van der Waals surface area (Å²) >= 11 is 5.56. The maximum Gasteiger partial charge on any atom is 0.264 e. The number of nitrogens with zero attached hydrogens (tertiary/aromatic N) is 2. The number of pyridine rings is 1. The van der Waals surface area contributed by atoms with Gasteiger partial charge in [-0.15, -0.1) is 0 Å². The standard InChI is InChI=1S/C9H8ClF2N3/c10-8-3-6(9(11)12)5(1-2-13)7(4-14)15-8/h3,9H,1,4,14H2. The summed E-state index contributed by atoms with van der Waals surface area (Å²) in [4.78, 5) is 3.81. The molecule has 0 spiro atoms. The van der Waals surface area contributed by atoms with E-state index in [1.165, 1.54) is 0 Å². The number of alkyl halides is 2. The van der Waals surface area contributed by atoms with Crippen LogP contribution >= 0.6 is 11.6 Å². The number of halogens is 3. The zero-order valence-electron chi connectivity index (χ0n) is 7.67. The van der Waals surface area contributed by atoms with Crippen LogP contribution in [0.5, 0.6) is 0 Å². The van der Waals surface area contributed by atoms with E-state index >= 15 is 0 Å². The Morgan fingerprint density at radius 2 is 2.27 bits per heavy atom. The molecule has 1 aromatic rings. The molecular formula is C9H8ClF2N3. The second-order valence-electron chi connectivity index (χ2n) is 2.80. The third-order valence-corrected chi connectivity index (χ3v) is 2.09. The van der Waals surface area contributed by atoms with E-state index in [2.05, 4.69) is 4.98 Å². The first-order chi connectivity index (χ1) is 7.10. The summed E-state index contributed by atoms with van der Waals surface area (Å²) < 4.78 is 25.2. The molecule has 0 aliphatic carbocycles. The fourth-order valence-electron chi connectivity index (χ4n) is 1.26. The van der Waals surface area contributed by atoms with E-state index in [-0.39, 0.29) is 34.9 Å². The Kier molecular flexibility index (Phi) is 3.95. The molecule has 0 saturated heterocycles. The zero-order valence-corrected chi connectivity index (χ0v) is 8.43. The van der Waals surface area contributed by atoms with Crippen molar-refractivity contribution < 1.29 is 8.78 Å². The lowest BCUT2D eigenvalue weighted by Gasteiger charge is -2.10. The van der Waals surface area contributed by atoms with Gasteiger partial charge in [0.25, 0.3) is 6.43 Å². The van der Waals surface area contributed by atoms with Crippen LogP contribution in [-0.4, -0.2) is 4.98 Å². The van der Waals surface area contributed by atoms with Gasteiger partial charge in [-0.3, -0.25) is 0 Å². The van der Waals surface area contributed by atoms with Gasteiger partial charge < -0.3 is 5.73 Å². The maximum absolute atomic E-state index is 12.6. The highest BCUT2D eigenvalue weighted by Crippen LogP contribution is 2.27. The molecule has 0 aliphatic rings. The van der Waals surface area contributed by atoms with E-state index < -0.39 is 6.43 Å². The molecule has 0 amide bonds. The van der Waals surface area contributed by atoms with Gasteiger partial charge in [0, 0.05) is 12.1 Å². The van der Waals surface area contributed by atoms with Gasteiger partial charge in [-0.2, -0.15) is 5.26 Å². The lowest BCUT2D eigenvalue weighted by molar-refractivity contribution is 0.150. The summed E-state index contributed by atoms with van der Waals surface area (Å²) in [6, 6.07) is 2.87. The van der Waals surface area contributed by atoms with Crippen LogP contribution in [0.15, 0.2) is 6.07 Å². The van der Waals surface area contributed by atoms with E-state index in [0.717, 1.165) is 6.07 Å². The highest BCUT2D eigenvalue weighted by atomic mass is 35.5. The molecule has 0 fully saturated rings. The minimum atomic E-state index is -2.68. The molecule has 0 radical (unpaired) electrons. The molecule has 80 valence electrons. The number of nitrogens with two attached hydrogens (primary N) is 1. The minimum absolute atomic E-state index is 0.0166. The van der Waals surface area contributed by atoms with Crippen molar-refractivity contribution >= 4 is 11.6 Å². The van der Waals surface area contributed by atoms with Crippen molar-refractivity contribution in [3.8, 4) is 6.07 Å². The Bertz CT molecular complexity index is 401. The normalized spacial score (nSPS) is 10.4. The van der Waals surface area contributed by atoms with Crippen LogP contribution in [0.4, 0.5) is 8.78 Å². The molecule has 0 bridgehead atoms. The Hall–Kier alpha value is -1.25. The molecule has 0 unspecified atom stereocenters. The molecule has 1 heterocycles. The highest BCUT2D eigenvalue weighted by Gasteiger charge is 2.17. The number of aromatic nitrogens is 1. The molecule has 15 heavy (non-hydrogen) atoms. The molecular weight excluding hydrogens is 224 g/mol. The van der Waals surface area contributed by atoms with Crippen molar-refractivity contribution in [1.82, 2.24) is 4.98 Å². The van der Waals surface area contributed by atoms with Crippen LogP contribution in [0.25, 0.3) is 0 Å². The van der Waals surface area contributed by atoms with E-state index in [1.807, 2.05) is 0 Å². The number of rotatable bonds is 3. The Morgan fingerprint density at radius 3 is 2.73 bits per heavy atom. The van der Waals surface area contributed by atoms with Gasteiger partial charge in [0.05, 0.1) is 18.2 Å². The van der Waals surface area contributed by atoms with Gasteiger partial charge in [0.15, 0.2) is 0 Å². The Balaban J connectivity index is 3.34. The quantitative estimate of drug-likeness (QED) is 0.811. The molecule has 2 N–H and O–H groups in total. The van der Waals surface area contributed by atoms with Crippen molar-refractivity contribution in [2.75, 3.05) is 0 Å². The monoisotopic (exact) mass is 231 g/mol. The summed E-state index contributed by atoms with van der Waals surface area (Å²) in [7, 11) is 0. The van der Waals surface area contributed by atoms with Crippen LogP contribution in [0, 0.1) is 11.3 Å². The van der Waals surface area contributed by atoms with Crippen LogP contribution < -0.4 is 5.73 Å². The fraction of sp³-hybridized carbons (Fsp3) is 0.333. The molecule has 1 aromatic heterocycles. The van der Waals surface area contributed by atoms with Gasteiger partial charge >= 0.3 is 0 Å². The van der Waals surface area contributed by atoms with Crippen molar-refractivity contribution in [1.29, 1.82) is 5.26 Å². The zero-order chi connectivity index (χ0) is 11.4. The molecule has 0 atom stereocenters. The van der Waals surface area contributed by atoms with Crippen LogP contribution in [-0.2, 0) is 13.0 Å². The summed E-state index contributed by atoms with van der Waals surface area (Å²) in [6.07, 6.45) is -2.82. The van der Waals surface area contributed by atoms with Gasteiger partial charge in [0.1, 0.15) is 5.15 Å². The van der Waals surface area contributed by atoms with Crippen LogP contribution in [0.2, 0.25) is 5.15 Å². The van der Waals surface area contributed by atoms with Crippen molar-refractivity contribution in [3.63, 3.8) is 0 Å². The number of hydrogen-bond donors (Lipinski definition) is 1. The molecule has 1 rings (SSSR count). The van der Waals surface area contributed by atoms with E-state index in [1.54, 1.807) is 6.07 Å². The molecule has 0 aromatic carbocycles. The van der Waals surface area contributed by atoms with Crippen molar-refractivity contribution in [3.05, 3.63) is 28.0 Å². The highest BCUT2D eigenvalue weighted by molar-refractivity contribution is 6.29. The van der Waals surface area contributed by atoms with Gasteiger partial charge in [0.2, 0.25) is 0 Å². The fourth-order valence-corrected chi connectivity index (χ4v) is 1.48. The minimum Gasteiger partial charge on any atom is -0.325 e. The maximum atomic E-state index is 12.6. The summed E-state index contributed by atoms with van der Waals surface area (Å²) in [5.74, 6) is 0. The second-order valence-corrected chi connectivity index (χ2v) is 3.19. The topological polar surface area (TPSA) is 62.7 Å². The smallest absolute Gasteiger partial charge is 0.264 e. The van der Waals surface area contributed by atoms with Gasteiger partial charge in [-0.05, 0) is 11.6 Å². The first-order valence-corrected chi connectivity index (χ1v) is 4.51. The van der Waals surface area contributed by atoms with Gasteiger partial charge in [-0.25, -0.2) is 13.8 Å². The summed E-state index contributed by atoms with van der Waals surface area (Å²) in [6.45, 7) is -0.0166. The summed E-state index contributed by atoms with van der Waals surface area (Å²) in [5.41, 5.74) is 5.51. The van der Waals surface area contributed by atoms with E-state index in [9.17, 15) is 8.78 Å². The van der Waals surface area contributed by atoms with Crippen molar-refractivity contribution in [2.45, 2.75) is 19.4 Å². The first-order valence-electron chi connectivity index (χ1n) is 4.13. The molecule has 6 heteroatoms. The number of nitriles is 1. The third-order valence-electron chi connectivity index (χ3n) is 1.90. The van der Waals surface area contributed by atoms with Gasteiger partial charge in [-0.1, -0.05) is 11.6 Å². The third kappa shape index (κ3) is 2.61. The van der Waals surface area contributed by atoms with Crippen LogP contribution in [0.3, 0.4) is 0 Å². The summed E-state index contributed by atoms with van der Waals surface area (Å²) in [5, 5.41) is 8.48. The molecule has 0 aliphatic heterocycles. The average molecular weight is 232 g/mol. The first kappa shape index (κ1) is 11.8. The molecule has 0 saturated carbocycles. The van der Waals surface area contributed by atoms with E-state index in [4.69, 9.17) is 22.6 Å². The largest absolute Gasteiger partial charge is 0.325 e. The van der Waals surface area contributed by atoms with E-state index in [0.29, 0.717) is 0 Å². The predicted octanol–water partition coefficient (Wildman–Crippen LogP) is 2.20. The van der Waals surface area contributed by atoms with Crippen LogP contribution in [0.1, 0.15) is 23.2 Å². The Labute approximate surface area is 90.5 Å². The number of hydrogen-bond acceptors (Lipinski definition) is 3. The molecule has 3 nitrogen and oxygen atoms in total. The SMILES string of the molecule is N#CCc1c(C(F)F)cc(Cl)nc1CN. The second kappa shape index (κ2) is 5.01. The van der Waals surface area contributed by atoms with Crippen molar-refractivity contribution in [2.24, 2.45) is 5.73 Å². The Morgan fingerprint density at radius 1 is 1.60 bits per heavy atom. The lowest BCUT2D eigenvalue weighted by Crippen LogP contribution is -2.08.